The highest BCUT2D eigenvalue weighted by atomic mass is 35.5. The van der Waals surface area contributed by atoms with E-state index in [0.717, 1.165) is 18.0 Å². The predicted octanol–water partition coefficient (Wildman–Crippen LogP) is 3.51. The van der Waals surface area contributed by atoms with Crippen molar-refractivity contribution in [3.63, 3.8) is 0 Å². The maximum atomic E-state index is 13.5. The summed E-state index contributed by atoms with van der Waals surface area (Å²) in [6, 6.07) is 3.30. The van der Waals surface area contributed by atoms with Crippen LogP contribution in [0.25, 0.3) is 5.70 Å². The molecule has 0 bridgehead atoms. The van der Waals surface area contributed by atoms with Crippen molar-refractivity contribution < 1.29 is 33.2 Å². The molecular weight excluding hydrogens is 528 g/mol. The average Bonchev–Trinajstić information content (AvgIpc) is 2.77. The van der Waals surface area contributed by atoms with Gasteiger partial charge in [0.25, 0.3) is 0 Å². The van der Waals surface area contributed by atoms with Crippen molar-refractivity contribution in [3.8, 4) is 0 Å². The molecule has 1 heterocycles. The van der Waals surface area contributed by atoms with E-state index in [-0.39, 0.29) is 26.3 Å². The number of nitrogens with one attached hydrogen (secondary N) is 1. The molecule has 0 aromatic heterocycles. The van der Waals surface area contributed by atoms with Gasteiger partial charge in [0, 0.05) is 16.7 Å². The molecule has 1 aliphatic rings. The lowest BCUT2D eigenvalue weighted by molar-refractivity contribution is -0.164. The van der Waals surface area contributed by atoms with Crippen molar-refractivity contribution in [1.29, 1.82) is 0 Å². The maximum Gasteiger partial charge on any atom is 0.194 e. The van der Waals surface area contributed by atoms with Crippen LogP contribution in [0, 0.1) is 17.5 Å². The van der Waals surface area contributed by atoms with Crippen molar-refractivity contribution in [2.45, 2.75) is 34.7 Å². The topological polar surface area (TPSA) is 108 Å². The minimum Gasteiger partial charge on any atom is -0.397 e. The Morgan fingerprint density at radius 1 is 1.06 bits per heavy atom. The second kappa shape index (κ2) is 10.9. The highest BCUT2D eigenvalue weighted by Gasteiger charge is 2.44. The molecule has 0 saturated carbocycles. The summed E-state index contributed by atoms with van der Waals surface area (Å²) in [6.07, 6.45) is -2.73. The van der Waals surface area contributed by atoms with Crippen LogP contribution >= 0.6 is 46.6 Å². The van der Waals surface area contributed by atoms with Crippen molar-refractivity contribution in [2.75, 3.05) is 6.61 Å². The molecule has 0 radical (unpaired) electrons. The summed E-state index contributed by atoms with van der Waals surface area (Å²) in [5.41, 5.74) is 4.47. The summed E-state index contributed by atoms with van der Waals surface area (Å²) in [6.45, 7) is -0.571. The lowest BCUT2D eigenvalue weighted by Crippen LogP contribution is -2.62. The number of hydrogen-bond acceptors (Lipinski definition) is 7. The Balaban J connectivity index is 1.82. The van der Waals surface area contributed by atoms with Crippen LogP contribution in [0.15, 0.2) is 35.4 Å². The molecular formula is C20H18Cl3F3N2O4S. The van der Waals surface area contributed by atoms with Crippen LogP contribution in [0.3, 0.4) is 0 Å². The van der Waals surface area contributed by atoms with Crippen molar-refractivity contribution in [3.05, 3.63) is 68.5 Å². The molecule has 1 aliphatic heterocycles. The molecule has 0 spiro atoms. The third-order valence-electron chi connectivity index (χ3n) is 4.84. The third kappa shape index (κ3) is 5.83. The van der Waals surface area contributed by atoms with Gasteiger partial charge in [0.05, 0.1) is 33.4 Å². The Kier molecular flexibility index (Phi) is 8.68. The fraction of sp³-hybridized carbons (Fsp3) is 0.300. The van der Waals surface area contributed by atoms with Gasteiger partial charge in [0.2, 0.25) is 0 Å². The van der Waals surface area contributed by atoms with Crippen molar-refractivity contribution in [2.24, 2.45) is 5.73 Å². The van der Waals surface area contributed by atoms with E-state index >= 15 is 0 Å². The number of ether oxygens (including phenoxy) is 1. The molecule has 2 aromatic carbocycles. The minimum absolute atomic E-state index is 0.158. The van der Waals surface area contributed by atoms with Crippen LogP contribution in [-0.2, 0) is 4.74 Å². The smallest absolute Gasteiger partial charge is 0.194 e. The molecule has 0 amide bonds. The summed E-state index contributed by atoms with van der Waals surface area (Å²) >= 11 is 19.0. The Bertz CT molecular complexity index is 1020. The van der Waals surface area contributed by atoms with E-state index in [4.69, 9.17) is 45.3 Å². The quantitative estimate of drug-likeness (QED) is 0.354. The SMILES string of the molecule is N/C(=C\NC1C(O)C(CO)OC(Sc2cc(Cl)c(Cl)c(Cl)c2)C1O)c1cc(F)c(F)c(F)c1. The molecule has 6 N–H and O–H groups in total. The minimum atomic E-state index is -1.64. The first-order valence-electron chi connectivity index (χ1n) is 9.33. The van der Waals surface area contributed by atoms with Gasteiger partial charge in [-0.1, -0.05) is 46.6 Å². The predicted molar refractivity (Wildman–Crippen MR) is 120 cm³/mol. The highest BCUT2D eigenvalue weighted by molar-refractivity contribution is 7.99. The molecule has 6 nitrogen and oxygen atoms in total. The largest absolute Gasteiger partial charge is 0.397 e. The number of aliphatic hydroxyl groups excluding tert-OH is 3. The Hall–Kier alpha value is -1.37. The highest BCUT2D eigenvalue weighted by Crippen LogP contribution is 2.39. The average molecular weight is 546 g/mol. The molecule has 180 valence electrons. The zero-order valence-corrected chi connectivity index (χ0v) is 19.6. The number of benzene rings is 2. The van der Waals surface area contributed by atoms with Gasteiger partial charge in [-0.2, -0.15) is 0 Å². The van der Waals surface area contributed by atoms with Crippen LogP contribution < -0.4 is 11.1 Å². The van der Waals surface area contributed by atoms with E-state index < -0.39 is 53.8 Å². The summed E-state index contributed by atoms with van der Waals surface area (Å²) in [7, 11) is 0. The van der Waals surface area contributed by atoms with Crippen LogP contribution in [-0.4, -0.2) is 51.7 Å². The van der Waals surface area contributed by atoms with Gasteiger partial charge in [-0.05, 0) is 24.3 Å². The second-order valence-corrected chi connectivity index (χ2v) is 9.44. The number of aliphatic hydroxyl groups is 3. The molecule has 1 fully saturated rings. The van der Waals surface area contributed by atoms with Crippen molar-refractivity contribution in [1.82, 2.24) is 5.32 Å². The van der Waals surface area contributed by atoms with E-state index in [9.17, 15) is 28.5 Å². The number of rotatable bonds is 6. The molecule has 3 rings (SSSR count). The maximum absolute atomic E-state index is 13.5. The van der Waals surface area contributed by atoms with Gasteiger partial charge in [-0.3, -0.25) is 0 Å². The lowest BCUT2D eigenvalue weighted by Gasteiger charge is -2.42. The lowest BCUT2D eigenvalue weighted by atomic mass is 9.97. The van der Waals surface area contributed by atoms with Gasteiger partial charge in [-0.15, -0.1) is 0 Å². The van der Waals surface area contributed by atoms with Crippen LogP contribution in [0.4, 0.5) is 13.2 Å². The van der Waals surface area contributed by atoms with E-state index in [1.807, 2.05) is 0 Å². The summed E-state index contributed by atoms with van der Waals surface area (Å²) < 4.78 is 45.7. The van der Waals surface area contributed by atoms with Gasteiger partial charge in [0.1, 0.15) is 23.7 Å². The number of halogens is 6. The first kappa shape index (κ1) is 26.2. The fourth-order valence-electron chi connectivity index (χ4n) is 3.11. The zero-order valence-electron chi connectivity index (χ0n) is 16.5. The van der Waals surface area contributed by atoms with E-state index in [1.54, 1.807) is 0 Å². The molecule has 1 saturated heterocycles. The van der Waals surface area contributed by atoms with Gasteiger partial charge in [0.15, 0.2) is 17.5 Å². The number of thioether (sulfide) groups is 1. The molecule has 33 heavy (non-hydrogen) atoms. The first-order chi connectivity index (χ1) is 15.5. The standard InChI is InChI=1S/C20H18Cl3F3N2O4S/c21-9-3-8(4-10(22)15(9)23)33-20-19(31)17(18(30)14(6-29)32-20)28-5-13(27)7-1-11(24)16(26)12(25)2-7/h1-5,14,17-20,28-31H,6,27H2/b13-5-. The van der Waals surface area contributed by atoms with Crippen LogP contribution in [0.1, 0.15) is 5.56 Å². The molecule has 0 aliphatic carbocycles. The monoisotopic (exact) mass is 544 g/mol. The van der Waals surface area contributed by atoms with Gasteiger partial charge < -0.3 is 31.1 Å². The third-order valence-corrected chi connectivity index (χ3v) is 7.17. The van der Waals surface area contributed by atoms with Gasteiger partial charge >= 0.3 is 0 Å². The molecule has 13 heteroatoms. The second-order valence-electron chi connectivity index (χ2n) is 7.07. The van der Waals surface area contributed by atoms with Crippen molar-refractivity contribution >= 4 is 52.3 Å². The zero-order chi connectivity index (χ0) is 24.4. The van der Waals surface area contributed by atoms with E-state index in [0.29, 0.717) is 17.0 Å². The summed E-state index contributed by atoms with van der Waals surface area (Å²) in [5.74, 6) is -4.49. The number of hydrogen-bond donors (Lipinski definition) is 5. The van der Waals surface area contributed by atoms with Crippen LogP contribution in [0.5, 0.6) is 0 Å². The summed E-state index contributed by atoms with van der Waals surface area (Å²) in [4.78, 5) is 0.498. The fourth-order valence-corrected chi connectivity index (χ4v) is 4.98. The van der Waals surface area contributed by atoms with Gasteiger partial charge in [-0.25, -0.2) is 13.2 Å². The normalized spacial score (nSPS) is 25.8. The Morgan fingerprint density at radius 2 is 1.64 bits per heavy atom. The Morgan fingerprint density at radius 3 is 2.18 bits per heavy atom. The molecule has 2 aromatic rings. The van der Waals surface area contributed by atoms with Crippen LogP contribution in [0.2, 0.25) is 15.1 Å². The number of nitrogens with two attached hydrogens (primary N) is 1. The first-order valence-corrected chi connectivity index (χ1v) is 11.3. The summed E-state index contributed by atoms with van der Waals surface area (Å²) in [5, 5.41) is 34.1. The Labute approximate surface area is 206 Å². The molecule has 5 atom stereocenters. The molecule has 5 unspecified atom stereocenters. The van der Waals surface area contributed by atoms with E-state index in [1.165, 1.54) is 12.1 Å². The van der Waals surface area contributed by atoms with E-state index in [2.05, 4.69) is 5.32 Å².